The maximum Gasteiger partial charge on any atom is 0.325 e. The Morgan fingerprint density at radius 3 is 2.71 bits per heavy atom. The van der Waals surface area contributed by atoms with E-state index < -0.39 is 17.5 Å². The maximum atomic E-state index is 12.3. The minimum absolute atomic E-state index is 0.0585. The molecule has 1 heterocycles. The Hall–Kier alpha value is -2.41. The van der Waals surface area contributed by atoms with Gasteiger partial charge in [-0.3, -0.25) is 14.5 Å². The van der Waals surface area contributed by atoms with Crippen LogP contribution >= 0.6 is 0 Å². The fraction of sp³-hybridized carbons (Fsp3) is 0.471. The van der Waals surface area contributed by atoms with E-state index in [1.165, 1.54) is 7.11 Å². The average molecular weight is 333 g/mol. The molecule has 0 bridgehead atoms. The highest BCUT2D eigenvalue weighted by Gasteiger charge is 2.48. The number of imide groups is 1. The summed E-state index contributed by atoms with van der Waals surface area (Å²) >= 11 is 0. The topological polar surface area (TPSA) is 87.7 Å². The fourth-order valence-corrected chi connectivity index (χ4v) is 2.70. The van der Waals surface area contributed by atoms with Gasteiger partial charge in [-0.15, -0.1) is 0 Å². The molecule has 0 saturated carbocycles. The monoisotopic (exact) mass is 333 g/mol. The molecule has 1 fully saturated rings. The molecule has 7 nitrogen and oxygen atoms in total. The first kappa shape index (κ1) is 17.9. The molecule has 2 N–H and O–H groups in total. The lowest BCUT2D eigenvalue weighted by atomic mass is 10.0. The van der Waals surface area contributed by atoms with Crippen LogP contribution in [0, 0.1) is 6.92 Å². The highest BCUT2D eigenvalue weighted by molar-refractivity contribution is 6.08. The maximum absolute atomic E-state index is 12.3. The van der Waals surface area contributed by atoms with Crippen molar-refractivity contribution in [1.82, 2.24) is 15.5 Å². The number of benzene rings is 1. The second-order valence-corrected chi connectivity index (χ2v) is 6.11. The van der Waals surface area contributed by atoms with Crippen molar-refractivity contribution in [3.05, 3.63) is 35.4 Å². The highest BCUT2D eigenvalue weighted by atomic mass is 16.5. The number of amides is 4. The number of rotatable bonds is 7. The van der Waals surface area contributed by atoms with Crippen LogP contribution in [0.3, 0.4) is 0 Å². The predicted octanol–water partition coefficient (Wildman–Crippen LogP) is 0.611. The lowest BCUT2D eigenvalue weighted by molar-refractivity contribution is -0.135. The first-order valence-electron chi connectivity index (χ1n) is 7.81. The Morgan fingerprint density at radius 1 is 1.33 bits per heavy atom. The molecule has 1 aliphatic heterocycles. The number of carbonyl (C=O) groups is 3. The number of carbonyl (C=O) groups excluding carboxylic acids is 3. The third-order valence-corrected chi connectivity index (χ3v) is 4.06. The second-order valence-electron chi connectivity index (χ2n) is 6.11. The average Bonchev–Trinajstić information content (AvgIpc) is 2.73. The van der Waals surface area contributed by atoms with Gasteiger partial charge in [0.25, 0.3) is 5.91 Å². The number of ether oxygens (including phenoxy) is 1. The van der Waals surface area contributed by atoms with Crippen molar-refractivity contribution >= 4 is 17.8 Å². The van der Waals surface area contributed by atoms with Gasteiger partial charge in [0.15, 0.2) is 0 Å². The smallest absolute Gasteiger partial charge is 0.325 e. The van der Waals surface area contributed by atoms with E-state index in [4.69, 9.17) is 4.74 Å². The molecular weight excluding hydrogens is 310 g/mol. The van der Waals surface area contributed by atoms with Gasteiger partial charge in [-0.25, -0.2) is 4.79 Å². The van der Waals surface area contributed by atoms with Crippen LogP contribution in [-0.2, 0) is 20.7 Å². The molecular formula is C17H23N3O4. The van der Waals surface area contributed by atoms with Crippen molar-refractivity contribution in [2.45, 2.75) is 25.8 Å². The summed E-state index contributed by atoms with van der Waals surface area (Å²) in [7, 11) is 1.45. The zero-order valence-electron chi connectivity index (χ0n) is 14.2. The number of methoxy groups -OCH3 is 1. The molecule has 1 aromatic rings. The summed E-state index contributed by atoms with van der Waals surface area (Å²) in [5.74, 6) is -0.822. The van der Waals surface area contributed by atoms with Gasteiger partial charge in [-0.05, 0) is 31.4 Å². The Morgan fingerprint density at radius 2 is 2.04 bits per heavy atom. The molecule has 1 atom stereocenters. The summed E-state index contributed by atoms with van der Waals surface area (Å²) in [5, 5.41) is 5.30. The van der Waals surface area contributed by atoms with Crippen LogP contribution in [0.2, 0.25) is 0 Å². The van der Waals surface area contributed by atoms with E-state index in [0.717, 1.165) is 16.0 Å². The molecule has 2 rings (SSSR count). The summed E-state index contributed by atoms with van der Waals surface area (Å²) in [6.45, 7) is 3.80. The molecule has 130 valence electrons. The van der Waals surface area contributed by atoms with Crippen LogP contribution in [-0.4, -0.2) is 55.1 Å². The van der Waals surface area contributed by atoms with E-state index in [0.29, 0.717) is 13.0 Å². The largest absolute Gasteiger partial charge is 0.382 e. The van der Waals surface area contributed by atoms with Crippen LogP contribution in [0.25, 0.3) is 0 Å². The third-order valence-electron chi connectivity index (χ3n) is 4.06. The van der Waals surface area contributed by atoms with Crippen molar-refractivity contribution in [2.75, 3.05) is 26.8 Å². The molecule has 7 heteroatoms. The Bertz CT molecular complexity index is 646. The van der Waals surface area contributed by atoms with Crippen LogP contribution in [0.4, 0.5) is 4.79 Å². The van der Waals surface area contributed by atoms with Crippen molar-refractivity contribution in [1.29, 1.82) is 0 Å². The van der Waals surface area contributed by atoms with Gasteiger partial charge in [0.1, 0.15) is 12.1 Å². The first-order valence-corrected chi connectivity index (χ1v) is 7.81. The van der Waals surface area contributed by atoms with E-state index in [1.807, 2.05) is 31.2 Å². The van der Waals surface area contributed by atoms with E-state index in [-0.39, 0.29) is 19.1 Å². The summed E-state index contributed by atoms with van der Waals surface area (Å²) in [5.41, 5.74) is 1.20. The highest BCUT2D eigenvalue weighted by Crippen LogP contribution is 2.17. The van der Waals surface area contributed by atoms with Gasteiger partial charge in [0.2, 0.25) is 5.91 Å². The van der Waals surface area contributed by atoms with Crippen molar-refractivity contribution in [3.63, 3.8) is 0 Å². The molecule has 0 radical (unpaired) electrons. The quantitative estimate of drug-likeness (QED) is 0.716. The lowest BCUT2D eigenvalue weighted by Gasteiger charge is -2.20. The zero-order valence-corrected chi connectivity index (χ0v) is 14.2. The van der Waals surface area contributed by atoms with Gasteiger partial charge < -0.3 is 15.4 Å². The molecule has 4 amide bonds. The zero-order chi connectivity index (χ0) is 17.7. The third kappa shape index (κ3) is 3.91. The van der Waals surface area contributed by atoms with Crippen LogP contribution in [0.1, 0.15) is 18.1 Å². The molecule has 24 heavy (non-hydrogen) atoms. The minimum atomic E-state index is -1.12. The normalized spacial score (nSPS) is 20.2. The van der Waals surface area contributed by atoms with Crippen molar-refractivity contribution in [3.8, 4) is 0 Å². The number of nitrogens with zero attached hydrogens (tertiary/aromatic N) is 1. The van der Waals surface area contributed by atoms with E-state index >= 15 is 0 Å². The van der Waals surface area contributed by atoms with Gasteiger partial charge in [-0.1, -0.05) is 24.3 Å². The Balaban J connectivity index is 1.85. The van der Waals surface area contributed by atoms with E-state index in [2.05, 4.69) is 10.6 Å². The predicted molar refractivity (Wildman–Crippen MR) is 88.4 cm³/mol. The first-order chi connectivity index (χ1) is 11.4. The molecule has 0 aliphatic carbocycles. The van der Waals surface area contributed by atoms with Gasteiger partial charge >= 0.3 is 6.03 Å². The van der Waals surface area contributed by atoms with Crippen LogP contribution in [0.5, 0.6) is 0 Å². The fourth-order valence-electron chi connectivity index (χ4n) is 2.70. The standard InChI is InChI=1S/C17H23N3O4/c1-12-6-4-5-7-13(12)8-9-18-14(21)10-20-15(22)17(2,11-24-3)19-16(20)23/h4-7H,8-11H2,1-3H3,(H,18,21)(H,19,23)/t17-/m1/s1. The molecule has 1 aromatic carbocycles. The lowest BCUT2D eigenvalue weighted by Crippen LogP contribution is -2.48. The molecule has 1 saturated heterocycles. The SMILES string of the molecule is COC[C@@]1(C)NC(=O)N(CC(=O)NCCc2ccccc2C)C1=O. The van der Waals surface area contributed by atoms with E-state index in [9.17, 15) is 14.4 Å². The van der Waals surface area contributed by atoms with Gasteiger partial charge in [0.05, 0.1) is 6.61 Å². The van der Waals surface area contributed by atoms with Crippen molar-refractivity contribution in [2.24, 2.45) is 0 Å². The number of hydrogen-bond donors (Lipinski definition) is 2. The van der Waals surface area contributed by atoms with Crippen LogP contribution in [0.15, 0.2) is 24.3 Å². The molecule has 0 unspecified atom stereocenters. The summed E-state index contributed by atoms with van der Waals surface area (Å²) in [4.78, 5) is 37.1. The van der Waals surface area contributed by atoms with Gasteiger partial charge in [0, 0.05) is 13.7 Å². The Kier molecular flexibility index (Phi) is 5.56. The summed E-state index contributed by atoms with van der Waals surface area (Å²) in [6, 6.07) is 7.37. The number of hydrogen-bond acceptors (Lipinski definition) is 4. The second kappa shape index (κ2) is 7.44. The molecule has 0 spiro atoms. The number of nitrogens with one attached hydrogen (secondary N) is 2. The molecule has 0 aromatic heterocycles. The van der Waals surface area contributed by atoms with Gasteiger partial charge in [-0.2, -0.15) is 0 Å². The van der Waals surface area contributed by atoms with Crippen LogP contribution < -0.4 is 10.6 Å². The van der Waals surface area contributed by atoms with Crippen molar-refractivity contribution < 1.29 is 19.1 Å². The number of aryl methyl sites for hydroxylation is 1. The van der Waals surface area contributed by atoms with E-state index in [1.54, 1.807) is 6.92 Å². The minimum Gasteiger partial charge on any atom is -0.382 e. The summed E-state index contributed by atoms with van der Waals surface area (Å²) < 4.78 is 4.96. The summed E-state index contributed by atoms with van der Waals surface area (Å²) in [6.07, 6.45) is 0.694. The molecule has 1 aliphatic rings. The number of urea groups is 1. The Labute approximate surface area is 141 Å².